The van der Waals surface area contributed by atoms with Crippen LogP contribution in [0.25, 0.3) is 0 Å². The molecule has 0 aliphatic rings. The van der Waals surface area contributed by atoms with Gasteiger partial charge in [0, 0.05) is 24.7 Å². The Hall–Kier alpha value is -2.33. The van der Waals surface area contributed by atoms with Gasteiger partial charge in [-0.05, 0) is 42.3 Å². The van der Waals surface area contributed by atoms with E-state index in [0.717, 1.165) is 30.1 Å². The second-order valence-electron chi connectivity index (χ2n) is 6.03. The molecule has 0 heterocycles. The molecule has 0 saturated heterocycles. The fourth-order valence-corrected chi connectivity index (χ4v) is 2.31. The predicted molar refractivity (Wildman–Crippen MR) is 98.1 cm³/mol. The van der Waals surface area contributed by atoms with E-state index in [1.54, 1.807) is 0 Å². The van der Waals surface area contributed by atoms with Crippen LogP contribution in [-0.4, -0.2) is 12.5 Å². The van der Waals surface area contributed by atoms with E-state index in [-0.39, 0.29) is 11.8 Å². The molecule has 0 radical (unpaired) electrons. The molecule has 2 aromatic carbocycles. The molecule has 0 spiro atoms. The van der Waals surface area contributed by atoms with E-state index in [1.807, 2.05) is 51.1 Å². The Kier molecular flexibility index (Phi) is 6.82. The highest BCUT2D eigenvalue weighted by Crippen LogP contribution is 2.14. The topological polar surface area (TPSA) is 50.4 Å². The van der Waals surface area contributed by atoms with Crippen molar-refractivity contribution in [1.82, 2.24) is 5.32 Å². The van der Waals surface area contributed by atoms with Crippen LogP contribution in [0.15, 0.2) is 48.5 Å². The lowest BCUT2D eigenvalue weighted by molar-refractivity contribution is -0.118. The third kappa shape index (κ3) is 5.70. The highest BCUT2D eigenvalue weighted by Gasteiger charge is 2.07. The number of nitrogens with one attached hydrogen (secondary N) is 2. The van der Waals surface area contributed by atoms with Crippen LogP contribution in [-0.2, 0) is 17.9 Å². The van der Waals surface area contributed by atoms with Crippen molar-refractivity contribution in [3.05, 3.63) is 59.7 Å². The summed E-state index contributed by atoms with van der Waals surface area (Å²) in [7, 11) is 0. The number of amides is 1. The molecule has 2 N–H and O–H groups in total. The second kappa shape index (κ2) is 9.08. The van der Waals surface area contributed by atoms with Crippen LogP contribution in [0, 0.1) is 5.92 Å². The van der Waals surface area contributed by atoms with Crippen molar-refractivity contribution in [2.45, 2.75) is 33.9 Å². The molecule has 0 aliphatic carbocycles. The molecule has 2 aromatic rings. The Balaban J connectivity index is 1.88. The van der Waals surface area contributed by atoms with Crippen LogP contribution >= 0.6 is 0 Å². The largest absolute Gasteiger partial charge is 0.494 e. The monoisotopic (exact) mass is 326 g/mol. The quantitative estimate of drug-likeness (QED) is 0.772. The van der Waals surface area contributed by atoms with Gasteiger partial charge in [0.1, 0.15) is 5.75 Å². The number of hydrogen-bond donors (Lipinski definition) is 2. The summed E-state index contributed by atoms with van der Waals surface area (Å²) >= 11 is 0. The lowest BCUT2D eigenvalue weighted by atomic mass is 10.1. The van der Waals surface area contributed by atoms with Gasteiger partial charge in [0.2, 0.25) is 5.91 Å². The Labute approximate surface area is 144 Å². The first kappa shape index (κ1) is 18.0. The lowest BCUT2D eigenvalue weighted by Crippen LogP contribution is -2.18. The first-order chi connectivity index (χ1) is 11.6. The van der Waals surface area contributed by atoms with Gasteiger partial charge in [-0.3, -0.25) is 4.79 Å². The fraction of sp³-hybridized carbons (Fsp3) is 0.350. The number of benzene rings is 2. The van der Waals surface area contributed by atoms with Crippen molar-refractivity contribution in [1.29, 1.82) is 0 Å². The molecule has 4 heteroatoms. The summed E-state index contributed by atoms with van der Waals surface area (Å²) in [4.78, 5) is 11.8. The number of rotatable bonds is 8. The number of hydrogen-bond acceptors (Lipinski definition) is 3. The Bertz CT molecular complexity index is 668. The maximum absolute atomic E-state index is 11.8. The Morgan fingerprint density at radius 3 is 2.38 bits per heavy atom. The average Bonchev–Trinajstić information content (AvgIpc) is 2.56. The Morgan fingerprint density at radius 2 is 1.71 bits per heavy atom. The van der Waals surface area contributed by atoms with Crippen LogP contribution in [0.5, 0.6) is 5.75 Å². The SMILES string of the molecule is CCOc1cccc(CNCc2cccc(NC(=O)C(C)C)c2)c1. The molecule has 0 fully saturated rings. The minimum absolute atomic E-state index is 0.0237. The van der Waals surface area contributed by atoms with Gasteiger partial charge < -0.3 is 15.4 Å². The van der Waals surface area contributed by atoms with Crippen LogP contribution in [0.3, 0.4) is 0 Å². The van der Waals surface area contributed by atoms with E-state index in [4.69, 9.17) is 4.74 Å². The molecule has 0 saturated carbocycles. The van der Waals surface area contributed by atoms with E-state index in [9.17, 15) is 4.79 Å². The Morgan fingerprint density at radius 1 is 1.04 bits per heavy atom. The van der Waals surface area contributed by atoms with Crippen molar-refractivity contribution in [3.8, 4) is 5.75 Å². The van der Waals surface area contributed by atoms with Gasteiger partial charge in [0.25, 0.3) is 0 Å². The maximum Gasteiger partial charge on any atom is 0.226 e. The molecule has 24 heavy (non-hydrogen) atoms. The summed E-state index contributed by atoms with van der Waals surface area (Å²) in [6, 6.07) is 16.0. The standard InChI is InChI=1S/C20H26N2O2/c1-4-24-19-10-6-8-17(12-19)14-21-13-16-7-5-9-18(11-16)22-20(23)15(2)3/h5-12,15,21H,4,13-14H2,1-3H3,(H,22,23). The van der Waals surface area contributed by atoms with Crippen molar-refractivity contribution in [2.75, 3.05) is 11.9 Å². The zero-order valence-corrected chi connectivity index (χ0v) is 14.6. The number of carbonyl (C=O) groups excluding carboxylic acids is 1. The zero-order valence-electron chi connectivity index (χ0n) is 14.6. The van der Waals surface area contributed by atoms with Crippen molar-refractivity contribution in [3.63, 3.8) is 0 Å². The number of ether oxygens (including phenoxy) is 1. The predicted octanol–water partition coefficient (Wildman–Crippen LogP) is 3.97. The zero-order chi connectivity index (χ0) is 17.4. The van der Waals surface area contributed by atoms with Crippen LogP contribution < -0.4 is 15.4 Å². The minimum atomic E-state index is -0.0237. The molecule has 2 rings (SSSR count). The van der Waals surface area contributed by atoms with Gasteiger partial charge in [-0.25, -0.2) is 0 Å². The van der Waals surface area contributed by atoms with E-state index in [1.165, 1.54) is 5.56 Å². The van der Waals surface area contributed by atoms with Crippen LogP contribution in [0.1, 0.15) is 31.9 Å². The molecular weight excluding hydrogens is 300 g/mol. The fourth-order valence-electron chi connectivity index (χ4n) is 2.31. The summed E-state index contributed by atoms with van der Waals surface area (Å²) in [5, 5.41) is 6.35. The van der Waals surface area contributed by atoms with Crippen molar-refractivity contribution < 1.29 is 9.53 Å². The molecule has 4 nitrogen and oxygen atoms in total. The van der Waals surface area contributed by atoms with Crippen LogP contribution in [0.2, 0.25) is 0 Å². The molecule has 128 valence electrons. The van der Waals surface area contributed by atoms with E-state index in [2.05, 4.69) is 28.8 Å². The van der Waals surface area contributed by atoms with E-state index < -0.39 is 0 Å². The van der Waals surface area contributed by atoms with E-state index in [0.29, 0.717) is 6.61 Å². The highest BCUT2D eigenvalue weighted by atomic mass is 16.5. The lowest BCUT2D eigenvalue weighted by Gasteiger charge is -2.10. The normalized spacial score (nSPS) is 10.7. The van der Waals surface area contributed by atoms with Gasteiger partial charge in [0.05, 0.1) is 6.61 Å². The van der Waals surface area contributed by atoms with Gasteiger partial charge in [-0.15, -0.1) is 0 Å². The molecular formula is C20H26N2O2. The molecule has 0 aliphatic heterocycles. The van der Waals surface area contributed by atoms with Crippen molar-refractivity contribution in [2.24, 2.45) is 5.92 Å². The summed E-state index contributed by atoms with van der Waals surface area (Å²) in [6.45, 7) is 7.93. The molecule has 1 amide bonds. The van der Waals surface area contributed by atoms with Crippen molar-refractivity contribution >= 4 is 11.6 Å². The van der Waals surface area contributed by atoms with Gasteiger partial charge in [-0.2, -0.15) is 0 Å². The number of carbonyl (C=O) groups is 1. The average molecular weight is 326 g/mol. The summed E-state index contributed by atoms with van der Waals surface area (Å²) in [6.07, 6.45) is 0. The first-order valence-electron chi connectivity index (χ1n) is 8.40. The molecule has 0 unspecified atom stereocenters. The third-order valence-electron chi connectivity index (χ3n) is 3.59. The van der Waals surface area contributed by atoms with Gasteiger partial charge in [0.15, 0.2) is 0 Å². The van der Waals surface area contributed by atoms with Crippen LogP contribution in [0.4, 0.5) is 5.69 Å². The smallest absolute Gasteiger partial charge is 0.226 e. The third-order valence-corrected chi connectivity index (χ3v) is 3.59. The molecule has 0 aromatic heterocycles. The second-order valence-corrected chi connectivity index (χ2v) is 6.03. The molecule has 0 atom stereocenters. The summed E-state index contributed by atoms with van der Waals surface area (Å²) in [5.41, 5.74) is 3.16. The van der Waals surface area contributed by atoms with Gasteiger partial charge in [-0.1, -0.05) is 38.1 Å². The first-order valence-corrected chi connectivity index (χ1v) is 8.40. The maximum atomic E-state index is 11.8. The summed E-state index contributed by atoms with van der Waals surface area (Å²) in [5.74, 6) is 0.910. The van der Waals surface area contributed by atoms with E-state index >= 15 is 0 Å². The summed E-state index contributed by atoms with van der Waals surface area (Å²) < 4.78 is 5.52. The highest BCUT2D eigenvalue weighted by molar-refractivity contribution is 5.92. The minimum Gasteiger partial charge on any atom is -0.494 e. The number of anilines is 1. The molecule has 0 bridgehead atoms. The van der Waals surface area contributed by atoms with Gasteiger partial charge >= 0.3 is 0 Å².